The number of ether oxygens (including phenoxy) is 1. The quantitative estimate of drug-likeness (QED) is 0.674. The molecule has 0 heterocycles. The van der Waals surface area contributed by atoms with Crippen LogP contribution in [0.1, 0.15) is 33.1 Å². The summed E-state index contributed by atoms with van der Waals surface area (Å²) in [7, 11) is 0. The van der Waals surface area contributed by atoms with Gasteiger partial charge in [0, 0.05) is 6.92 Å². The summed E-state index contributed by atoms with van der Waals surface area (Å²) in [5.41, 5.74) is 5.49. The van der Waals surface area contributed by atoms with E-state index in [1.807, 2.05) is 0 Å². The highest BCUT2D eigenvalue weighted by Gasteiger charge is 2.32. The van der Waals surface area contributed by atoms with Crippen molar-refractivity contribution in [2.75, 3.05) is 6.54 Å². The summed E-state index contributed by atoms with van der Waals surface area (Å²) in [6.07, 6.45) is 3.34. The highest BCUT2D eigenvalue weighted by atomic mass is 16.5. The highest BCUT2D eigenvalue weighted by Crippen LogP contribution is 2.34. The minimum Gasteiger partial charge on any atom is -0.462 e. The molecule has 0 bridgehead atoms. The van der Waals surface area contributed by atoms with Crippen molar-refractivity contribution in [3.63, 3.8) is 0 Å². The number of hydrogen-bond acceptors (Lipinski definition) is 3. The van der Waals surface area contributed by atoms with Crippen LogP contribution in [0.25, 0.3) is 0 Å². The number of hydrogen-bond donors (Lipinski definition) is 1. The Morgan fingerprint density at radius 1 is 1.54 bits per heavy atom. The van der Waals surface area contributed by atoms with Gasteiger partial charge in [-0.3, -0.25) is 4.79 Å². The molecule has 0 aromatic carbocycles. The molecule has 1 saturated carbocycles. The molecule has 13 heavy (non-hydrogen) atoms. The van der Waals surface area contributed by atoms with Crippen molar-refractivity contribution < 1.29 is 9.53 Å². The predicted molar refractivity (Wildman–Crippen MR) is 51.1 cm³/mol. The molecule has 76 valence electrons. The van der Waals surface area contributed by atoms with Crippen molar-refractivity contribution >= 4 is 5.97 Å². The number of carbonyl (C=O) groups excluding carboxylic acids is 1. The van der Waals surface area contributed by atoms with Gasteiger partial charge in [0.05, 0.1) is 0 Å². The van der Waals surface area contributed by atoms with Crippen LogP contribution in [0.15, 0.2) is 0 Å². The van der Waals surface area contributed by atoms with Gasteiger partial charge in [-0.1, -0.05) is 6.92 Å². The third-order valence-corrected chi connectivity index (χ3v) is 2.80. The smallest absolute Gasteiger partial charge is 0.302 e. The average Bonchev–Trinajstić information content (AvgIpc) is 2.31. The molecule has 1 aliphatic carbocycles. The van der Waals surface area contributed by atoms with E-state index in [1.54, 1.807) is 0 Å². The minimum absolute atomic E-state index is 0.133. The minimum atomic E-state index is -0.162. The molecule has 0 aromatic heterocycles. The van der Waals surface area contributed by atoms with Crippen molar-refractivity contribution in [3.05, 3.63) is 0 Å². The van der Waals surface area contributed by atoms with Crippen LogP contribution in [0, 0.1) is 11.8 Å². The molecular weight excluding hydrogens is 166 g/mol. The van der Waals surface area contributed by atoms with E-state index >= 15 is 0 Å². The Morgan fingerprint density at radius 2 is 2.23 bits per heavy atom. The lowest BCUT2D eigenvalue weighted by molar-refractivity contribution is -0.147. The first kappa shape index (κ1) is 10.5. The van der Waals surface area contributed by atoms with Crippen LogP contribution >= 0.6 is 0 Å². The van der Waals surface area contributed by atoms with Gasteiger partial charge in [-0.25, -0.2) is 0 Å². The molecule has 1 fully saturated rings. The first-order valence-corrected chi connectivity index (χ1v) is 5.00. The van der Waals surface area contributed by atoms with E-state index in [9.17, 15) is 4.79 Å². The third-order valence-electron chi connectivity index (χ3n) is 2.80. The van der Waals surface area contributed by atoms with Crippen molar-refractivity contribution in [1.82, 2.24) is 0 Å². The van der Waals surface area contributed by atoms with Gasteiger partial charge in [0.15, 0.2) is 0 Å². The van der Waals surface area contributed by atoms with Crippen LogP contribution in [0.2, 0.25) is 0 Å². The summed E-state index contributed by atoms with van der Waals surface area (Å²) in [6.45, 7) is 4.36. The Bertz CT molecular complexity index is 182. The Balaban J connectivity index is 2.37. The van der Waals surface area contributed by atoms with Crippen LogP contribution in [0.4, 0.5) is 0 Å². The molecule has 3 unspecified atom stereocenters. The monoisotopic (exact) mass is 185 g/mol. The fourth-order valence-corrected chi connectivity index (χ4v) is 2.18. The number of esters is 1. The SMILES string of the molecule is CC(=O)OC1CC(CCN)CC1C. The molecule has 0 aromatic rings. The zero-order chi connectivity index (χ0) is 9.84. The van der Waals surface area contributed by atoms with Crippen molar-refractivity contribution in [1.29, 1.82) is 0 Å². The maximum absolute atomic E-state index is 10.8. The van der Waals surface area contributed by atoms with Crippen LogP contribution in [-0.2, 0) is 9.53 Å². The molecule has 1 rings (SSSR count). The van der Waals surface area contributed by atoms with Crippen LogP contribution in [0.3, 0.4) is 0 Å². The topological polar surface area (TPSA) is 52.3 Å². The van der Waals surface area contributed by atoms with Crippen LogP contribution in [-0.4, -0.2) is 18.6 Å². The van der Waals surface area contributed by atoms with Crippen molar-refractivity contribution in [2.45, 2.75) is 39.2 Å². The standard InChI is InChI=1S/C10H19NO2/c1-7-5-9(3-4-11)6-10(7)13-8(2)12/h7,9-10H,3-6,11H2,1-2H3. The molecule has 0 radical (unpaired) electrons. The summed E-state index contributed by atoms with van der Waals surface area (Å²) >= 11 is 0. The van der Waals surface area contributed by atoms with E-state index in [2.05, 4.69) is 6.92 Å². The lowest BCUT2D eigenvalue weighted by Crippen LogP contribution is -2.18. The van der Waals surface area contributed by atoms with Gasteiger partial charge in [-0.05, 0) is 37.6 Å². The van der Waals surface area contributed by atoms with Crippen molar-refractivity contribution in [2.24, 2.45) is 17.6 Å². The van der Waals surface area contributed by atoms with Crippen LogP contribution in [0.5, 0.6) is 0 Å². The molecule has 2 N–H and O–H groups in total. The predicted octanol–water partition coefficient (Wildman–Crippen LogP) is 1.31. The second kappa shape index (κ2) is 4.61. The normalized spacial score (nSPS) is 33.3. The van der Waals surface area contributed by atoms with Gasteiger partial charge in [-0.15, -0.1) is 0 Å². The largest absolute Gasteiger partial charge is 0.462 e. The summed E-state index contributed by atoms with van der Waals surface area (Å²) in [5.74, 6) is 0.995. The Kier molecular flexibility index (Phi) is 3.72. The summed E-state index contributed by atoms with van der Waals surface area (Å²) in [6, 6.07) is 0. The number of rotatable bonds is 3. The maximum atomic E-state index is 10.8. The van der Waals surface area contributed by atoms with Gasteiger partial charge >= 0.3 is 5.97 Å². The van der Waals surface area contributed by atoms with E-state index in [0.717, 1.165) is 25.8 Å². The molecule has 0 spiro atoms. The molecule has 0 aliphatic heterocycles. The van der Waals surface area contributed by atoms with Crippen LogP contribution < -0.4 is 5.73 Å². The molecule has 3 atom stereocenters. The zero-order valence-electron chi connectivity index (χ0n) is 8.45. The van der Waals surface area contributed by atoms with Gasteiger partial charge in [-0.2, -0.15) is 0 Å². The second-order valence-corrected chi connectivity index (χ2v) is 4.04. The first-order valence-electron chi connectivity index (χ1n) is 5.00. The molecule has 3 nitrogen and oxygen atoms in total. The van der Waals surface area contributed by atoms with Gasteiger partial charge < -0.3 is 10.5 Å². The van der Waals surface area contributed by atoms with E-state index in [0.29, 0.717) is 11.8 Å². The lowest BCUT2D eigenvalue weighted by Gasteiger charge is -2.14. The Morgan fingerprint density at radius 3 is 2.77 bits per heavy atom. The summed E-state index contributed by atoms with van der Waals surface area (Å²) in [4.78, 5) is 10.8. The van der Waals surface area contributed by atoms with Crippen molar-refractivity contribution in [3.8, 4) is 0 Å². The van der Waals surface area contributed by atoms with Gasteiger partial charge in [0.25, 0.3) is 0 Å². The molecule has 3 heteroatoms. The Labute approximate surface area is 79.6 Å². The lowest BCUT2D eigenvalue weighted by atomic mass is 10.0. The van der Waals surface area contributed by atoms with E-state index < -0.39 is 0 Å². The van der Waals surface area contributed by atoms with Gasteiger partial charge in [0.1, 0.15) is 6.10 Å². The molecule has 1 aliphatic rings. The fourth-order valence-electron chi connectivity index (χ4n) is 2.18. The average molecular weight is 185 g/mol. The number of nitrogens with two attached hydrogens (primary N) is 1. The van der Waals surface area contributed by atoms with E-state index in [4.69, 9.17) is 10.5 Å². The first-order chi connectivity index (χ1) is 6.13. The second-order valence-electron chi connectivity index (χ2n) is 4.04. The molecule has 0 amide bonds. The highest BCUT2D eigenvalue weighted by molar-refractivity contribution is 5.66. The number of carbonyl (C=O) groups is 1. The Hall–Kier alpha value is -0.570. The van der Waals surface area contributed by atoms with Gasteiger partial charge in [0.2, 0.25) is 0 Å². The summed E-state index contributed by atoms with van der Waals surface area (Å²) < 4.78 is 5.22. The summed E-state index contributed by atoms with van der Waals surface area (Å²) in [5, 5.41) is 0. The zero-order valence-corrected chi connectivity index (χ0v) is 8.45. The molecule has 0 saturated heterocycles. The molecular formula is C10H19NO2. The third kappa shape index (κ3) is 2.99. The van der Waals surface area contributed by atoms with E-state index in [1.165, 1.54) is 6.92 Å². The fraction of sp³-hybridized carbons (Fsp3) is 0.900. The maximum Gasteiger partial charge on any atom is 0.302 e. The van der Waals surface area contributed by atoms with E-state index in [-0.39, 0.29) is 12.1 Å².